The molecule has 2 aliphatic carbocycles. The highest BCUT2D eigenvalue weighted by Gasteiger charge is 2.55. The topological polar surface area (TPSA) is 49.8 Å². The number of morpholine rings is 1. The largest absolute Gasteiger partial charge is 0.390 e. The average Bonchev–Trinajstić information content (AvgIpc) is 2.50. The van der Waals surface area contributed by atoms with E-state index in [1.165, 1.54) is 19.3 Å². The second-order valence-electron chi connectivity index (χ2n) is 9.71. The molecule has 4 atom stereocenters. The van der Waals surface area contributed by atoms with E-state index in [9.17, 15) is 9.90 Å². The first kappa shape index (κ1) is 18.2. The second-order valence-corrected chi connectivity index (χ2v) is 9.71. The highest BCUT2D eigenvalue weighted by molar-refractivity contribution is 5.76. The number of carbonyl (C=O) groups excluding carboxylic acids is 1. The van der Waals surface area contributed by atoms with Crippen LogP contribution in [-0.2, 0) is 9.53 Å². The number of aliphatic hydroxyl groups is 1. The average molecular weight is 338 g/mol. The first-order valence-electron chi connectivity index (χ1n) is 9.72. The summed E-state index contributed by atoms with van der Waals surface area (Å²) in [6.07, 6.45) is 6.05. The number of fused-ring (bicyclic) bond motifs is 1. The molecule has 1 aliphatic heterocycles. The minimum absolute atomic E-state index is 0.0722. The molecule has 1 saturated heterocycles. The molecule has 3 aliphatic rings. The van der Waals surface area contributed by atoms with Crippen molar-refractivity contribution in [3.8, 4) is 0 Å². The van der Waals surface area contributed by atoms with E-state index < -0.39 is 5.60 Å². The van der Waals surface area contributed by atoms with Gasteiger partial charge in [-0.1, -0.05) is 27.2 Å². The molecule has 0 unspecified atom stereocenters. The summed E-state index contributed by atoms with van der Waals surface area (Å²) in [5.74, 6) is 0.812. The number of rotatable bonds is 2. The van der Waals surface area contributed by atoms with E-state index in [2.05, 4.69) is 20.8 Å². The summed E-state index contributed by atoms with van der Waals surface area (Å²) in [5.41, 5.74) is -0.184. The van der Waals surface area contributed by atoms with Crippen LogP contribution < -0.4 is 0 Å². The van der Waals surface area contributed by atoms with Crippen LogP contribution in [-0.4, -0.2) is 47.8 Å². The third kappa shape index (κ3) is 3.37. The smallest absolute Gasteiger partial charge is 0.223 e. The van der Waals surface area contributed by atoms with Gasteiger partial charge in [-0.2, -0.15) is 0 Å². The van der Waals surface area contributed by atoms with Crippen LogP contribution in [0.4, 0.5) is 0 Å². The van der Waals surface area contributed by atoms with E-state index in [1.807, 2.05) is 11.8 Å². The zero-order valence-electron chi connectivity index (χ0n) is 15.9. The van der Waals surface area contributed by atoms with Crippen molar-refractivity contribution in [2.45, 2.75) is 71.8 Å². The van der Waals surface area contributed by atoms with Crippen molar-refractivity contribution in [2.24, 2.45) is 22.7 Å². The van der Waals surface area contributed by atoms with Crippen molar-refractivity contribution in [2.75, 3.05) is 26.3 Å². The monoisotopic (exact) mass is 337 g/mol. The van der Waals surface area contributed by atoms with Gasteiger partial charge in [0.1, 0.15) is 0 Å². The predicted molar refractivity (Wildman–Crippen MR) is 94.6 cm³/mol. The van der Waals surface area contributed by atoms with Crippen molar-refractivity contribution in [3.63, 3.8) is 0 Å². The van der Waals surface area contributed by atoms with Crippen LogP contribution in [0.25, 0.3) is 0 Å². The summed E-state index contributed by atoms with van der Waals surface area (Å²) >= 11 is 0. The van der Waals surface area contributed by atoms with Gasteiger partial charge in [-0.05, 0) is 55.3 Å². The van der Waals surface area contributed by atoms with Gasteiger partial charge in [0.05, 0.1) is 18.8 Å². The number of hydrogen-bond acceptors (Lipinski definition) is 3. The van der Waals surface area contributed by atoms with Crippen molar-refractivity contribution >= 4 is 5.91 Å². The second kappa shape index (κ2) is 6.28. The molecule has 0 spiro atoms. The maximum atomic E-state index is 12.7. The van der Waals surface area contributed by atoms with Gasteiger partial charge in [0.25, 0.3) is 0 Å². The number of ether oxygens (including phenoxy) is 1. The highest BCUT2D eigenvalue weighted by Crippen LogP contribution is 2.61. The number of amides is 1. The molecule has 138 valence electrons. The maximum absolute atomic E-state index is 12.7. The Hall–Kier alpha value is -0.610. The molecule has 3 rings (SSSR count). The Morgan fingerprint density at radius 2 is 1.79 bits per heavy atom. The van der Waals surface area contributed by atoms with Gasteiger partial charge in [-0.15, -0.1) is 0 Å². The van der Waals surface area contributed by atoms with Crippen molar-refractivity contribution in [1.29, 1.82) is 0 Å². The van der Waals surface area contributed by atoms with Gasteiger partial charge in [-0.25, -0.2) is 0 Å². The van der Waals surface area contributed by atoms with Crippen molar-refractivity contribution in [3.05, 3.63) is 0 Å². The minimum atomic E-state index is -0.735. The lowest BCUT2D eigenvalue weighted by atomic mass is 9.47. The van der Waals surface area contributed by atoms with Crippen LogP contribution in [0.2, 0.25) is 0 Å². The molecule has 0 aromatic rings. The zero-order valence-corrected chi connectivity index (χ0v) is 15.9. The molecule has 3 fully saturated rings. The Morgan fingerprint density at radius 3 is 2.46 bits per heavy atom. The predicted octanol–water partition coefficient (Wildman–Crippen LogP) is 3.23. The molecule has 0 aromatic carbocycles. The molecule has 4 heteroatoms. The molecule has 2 saturated carbocycles. The van der Waals surface area contributed by atoms with Gasteiger partial charge < -0.3 is 14.7 Å². The van der Waals surface area contributed by atoms with Crippen LogP contribution >= 0.6 is 0 Å². The van der Waals surface area contributed by atoms with E-state index in [0.717, 1.165) is 12.8 Å². The molecule has 1 amide bonds. The standard InChI is InChI=1S/C20H35NO3/c1-18(2)6-5-7-19(3)13-15(20(4,23)14-16(18)19)12-17(22)21-8-10-24-11-9-21/h15-16,23H,5-14H2,1-4H3/t15-,16+,19-,20-/m1/s1. The van der Waals surface area contributed by atoms with Gasteiger partial charge in [-0.3, -0.25) is 4.79 Å². The van der Waals surface area contributed by atoms with Crippen LogP contribution in [0.3, 0.4) is 0 Å². The van der Waals surface area contributed by atoms with Gasteiger partial charge in [0, 0.05) is 19.5 Å². The van der Waals surface area contributed by atoms with Crippen LogP contribution in [0.15, 0.2) is 0 Å². The number of carbonyl (C=O) groups is 1. The molecular weight excluding hydrogens is 302 g/mol. The van der Waals surface area contributed by atoms with Gasteiger partial charge in [0.15, 0.2) is 0 Å². The summed E-state index contributed by atoms with van der Waals surface area (Å²) < 4.78 is 5.35. The fourth-order valence-corrected chi connectivity index (χ4v) is 5.81. The van der Waals surface area contributed by atoms with Gasteiger partial charge in [0.2, 0.25) is 5.91 Å². The van der Waals surface area contributed by atoms with E-state index in [1.54, 1.807) is 0 Å². The van der Waals surface area contributed by atoms with Crippen LogP contribution in [0.1, 0.15) is 66.2 Å². The fourth-order valence-electron chi connectivity index (χ4n) is 5.81. The van der Waals surface area contributed by atoms with E-state index in [0.29, 0.717) is 38.6 Å². The summed E-state index contributed by atoms with van der Waals surface area (Å²) in [7, 11) is 0. The number of nitrogens with zero attached hydrogens (tertiary/aromatic N) is 1. The van der Waals surface area contributed by atoms with E-state index >= 15 is 0 Å². The third-order valence-corrected chi connectivity index (χ3v) is 7.35. The summed E-state index contributed by atoms with van der Waals surface area (Å²) in [5, 5.41) is 11.2. The molecule has 4 nitrogen and oxygen atoms in total. The lowest BCUT2D eigenvalue weighted by Crippen LogP contribution is -2.55. The van der Waals surface area contributed by atoms with E-state index in [-0.39, 0.29) is 22.7 Å². The molecular formula is C20H35NO3. The Labute approximate surface area is 146 Å². The van der Waals surface area contributed by atoms with Crippen molar-refractivity contribution < 1.29 is 14.6 Å². The quantitative estimate of drug-likeness (QED) is 0.841. The summed E-state index contributed by atoms with van der Waals surface area (Å²) in [4.78, 5) is 14.6. The fraction of sp³-hybridized carbons (Fsp3) is 0.950. The molecule has 0 aromatic heterocycles. The highest BCUT2D eigenvalue weighted by atomic mass is 16.5. The molecule has 24 heavy (non-hydrogen) atoms. The SMILES string of the molecule is CC1(C)CCC[C@]2(C)C[C@@H](CC(=O)N3CCOCC3)[C@](C)(O)C[C@@H]12. The molecule has 1 N–H and O–H groups in total. The Kier molecular flexibility index (Phi) is 4.76. The van der Waals surface area contributed by atoms with Gasteiger partial charge >= 0.3 is 0 Å². The normalized spacial score (nSPS) is 42.5. The first-order valence-corrected chi connectivity index (χ1v) is 9.72. The van der Waals surface area contributed by atoms with E-state index in [4.69, 9.17) is 4.74 Å². The Morgan fingerprint density at radius 1 is 1.12 bits per heavy atom. The minimum Gasteiger partial charge on any atom is -0.390 e. The van der Waals surface area contributed by atoms with Crippen molar-refractivity contribution in [1.82, 2.24) is 4.90 Å². The third-order valence-electron chi connectivity index (χ3n) is 7.35. The Bertz CT molecular complexity index is 481. The molecule has 0 radical (unpaired) electrons. The summed E-state index contributed by atoms with van der Waals surface area (Å²) in [6, 6.07) is 0. The summed E-state index contributed by atoms with van der Waals surface area (Å²) in [6.45, 7) is 11.8. The lowest BCUT2D eigenvalue weighted by molar-refractivity contribution is -0.160. The zero-order chi connectivity index (χ0) is 17.6. The molecule has 0 bridgehead atoms. The Balaban J connectivity index is 1.73. The van der Waals surface area contributed by atoms with Crippen LogP contribution in [0.5, 0.6) is 0 Å². The van der Waals surface area contributed by atoms with Crippen LogP contribution in [0, 0.1) is 22.7 Å². The first-order chi connectivity index (χ1) is 11.1. The maximum Gasteiger partial charge on any atom is 0.223 e. The molecule has 1 heterocycles. The number of hydrogen-bond donors (Lipinski definition) is 1. The lowest BCUT2D eigenvalue weighted by Gasteiger charge is -2.59.